The molecule has 1 heterocycles. The summed E-state index contributed by atoms with van der Waals surface area (Å²) in [5.41, 5.74) is 0. The molecule has 3 heteroatoms. The standard InChI is InChI=1S/C7H11O3/c1-2-3-7(8)10-5-6-4-9-6/h4,6H,2-3,5H2,1H3/q+1/t6-/m1/s1. The first-order chi connectivity index (χ1) is 4.83. The molecule has 0 amide bonds. The third kappa shape index (κ3) is 2.73. The molecule has 10 heavy (non-hydrogen) atoms. The van der Waals surface area contributed by atoms with Crippen molar-refractivity contribution in [1.29, 1.82) is 0 Å². The molecule has 0 bridgehead atoms. The van der Waals surface area contributed by atoms with Gasteiger partial charge in [0.1, 0.15) is 0 Å². The highest BCUT2D eigenvalue weighted by Crippen LogP contribution is 2.15. The average molecular weight is 143 g/mol. The molecule has 3 nitrogen and oxygen atoms in total. The van der Waals surface area contributed by atoms with Gasteiger partial charge in [-0.2, -0.15) is 0 Å². The van der Waals surface area contributed by atoms with Crippen molar-refractivity contribution < 1.29 is 14.3 Å². The molecule has 1 saturated heterocycles. The van der Waals surface area contributed by atoms with Gasteiger partial charge >= 0.3 is 12.1 Å². The van der Waals surface area contributed by atoms with Crippen LogP contribution in [0.25, 0.3) is 0 Å². The Labute approximate surface area is 60.3 Å². The Hall–Kier alpha value is -0.700. The molecule has 1 atom stereocenters. The van der Waals surface area contributed by atoms with E-state index in [1.54, 1.807) is 6.61 Å². The quantitative estimate of drug-likeness (QED) is 0.333. The molecule has 0 aromatic carbocycles. The van der Waals surface area contributed by atoms with Crippen molar-refractivity contribution in [2.24, 2.45) is 0 Å². The number of carbonyl (C=O) groups excluding carboxylic acids is 1. The van der Waals surface area contributed by atoms with Crippen molar-refractivity contribution in [3.8, 4) is 0 Å². The molecule has 0 aromatic heterocycles. The Balaban J connectivity index is 1.94. The zero-order valence-electron chi connectivity index (χ0n) is 6.00. The largest absolute Gasteiger partial charge is 0.458 e. The second-order valence-corrected chi connectivity index (χ2v) is 2.24. The fourth-order valence-corrected chi connectivity index (χ4v) is 0.585. The lowest BCUT2D eigenvalue weighted by molar-refractivity contribution is -0.144. The van der Waals surface area contributed by atoms with E-state index in [9.17, 15) is 4.79 Å². The van der Waals surface area contributed by atoms with E-state index in [0.717, 1.165) is 6.42 Å². The van der Waals surface area contributed by atoms with Crippen LogP contribution < -0.4 is 0 Å². The van der Waals surface area contributed by atoms with Crippen LogP contribution in [0.2, 0.25) is 0 Å². The van der Waals surface area contributed by atoms with Gasteiger partial charge < -0.3 is 4.74 Å². The zero-order valence-corrected chi connectivity index (χ0v) is 6.00. The maximum Gasteiger partial charge on any atom is 0.308 e. The minimum absolute atomic E-state index is 0.0702. The van der Waals surface area contributed by atoms with E-state index in [0.29, 0.717) is 13.0 Å². The van der Waals surface area contributed by atoms with E-state index in [1.807, 2.05) is 6.92 Å². The van der Waals surface area contributed by atoms with Crippen molar-refractivity contribution in [2.75, 3.05) is 6.61 Å². The third-order valence-electron chi connectivity index (χ3n) is 1.19. The van der Waals surface area contributed by atoms with Crippen LogP contribution in [-0.2, 0) is 14.3 Å². The van der Waals surface area contributed by atoms with Crippen LogP contribution in [0.3, 0.4) is 0 Å². The van der Waals surface area contributed by atoms with Gasteiger partial charge in [-0.1, -0.05) is 6.92 Å². The van der Waals surface area contributed by atoms with Crippen molar-refractivity contribution >= 4 is 5.97 Å². The highest BCUT2D eigenvalue weighted by atomic mass is 16.6. The number of rotatable bonds is 4. The van der Waals surface area contributed by atoms with Crippen LogP contribution in [0.5, 0.6) is 0 Å². The zero-order chi connectivity index (χ0) is 7.40. The van der Waals surface area contributed by atoms with Crippen molar-refractivity contribution in [3.63, 3.8) is 0 Å². The van der Waals surface area contributed by atoms with E-state index >= 15 is 0 Å². The fraction of sp³-hybridized carbons (Fsp3) is 0.714. The predicted octanol–water partition coefficient (Wildman–Crippen LogP) is 0.890. The van der Waals surface area contributed by atoms with Gasteiger partial charge in [-0.3, -0.25) is 4.79 Å². The number of esters is 1. The minimum atomic E-state index is -0.133. The Morgan fingerprint density at radius 1 is 1.80 bits per heavy atom. The number of hydrogen-bond acceptors (Lipinski definition) is 3. The van der Waals surface area contributed by atoms with E-state index in [1.165, 1.54) is 0 Å². The van der Waals surface area contributed by atoms with Gasteiger partial charge in [0.15, 0.2) is 6.61 Å². The summed E-state index contributed by atoms with van der Waals surface area (Å²) in [4.78, 5) is 10.7. The number of carbonyl (C=O) groups is 1. The summed E-state index contributed by atoms with van der Waals surface area (Å²) >= 11 is 0. The van der Waals surface area contributed by atoms with E-state index in [4.69, 9.17) is 9.47 Å². The Kier molecular flexibility index (Phi) is 2.57. The molecule has 1 fully saturated rings. The second kappa shape index (κ2) is 3.46. The highest BCUT2D eigenvalue weighted by molar-refractivity contribution is 5.69. The van der Waals surface area contributed by atoms with Crippen LogP contribution in [0.4, 0.5) is 0 Å². The monoisotopic (exact) mass is 143 g/mol. The van der Waals surface area contributed by atoms with Gasteiger partial charge in [0.25, 0.3) is 6.61 Å². The van der Waals surface area contributed by atoms with Gasteiger partial charge in [0.05, 0.1) is 0 Å². The molecule has 56 valence electrons. The molecular formula is C7H11O3+. The normalized spacial score (nSPS) is 21.5. The first kappa shape index (κ1) is 7.41. The summed E-state index contributed by atoms with van der Waals surface area (Å²) in [5, 5.41) is 0. The topological polar surface area (TPSA) is 38.8 Å². The molecule has 0 saturated carbocycles. The maximum absolute atomic E-state index is 10.7. The third-order valence-corrected chi connectivity index (χ3v) is 1.19. The smallest absolute Gasteiger partial charge is 0.308 e. The number of ether oxygens (including phenoxy) is 2. The van der Waals surface area contributed by atoms with Crippen molar-refractivity contribution in [3.05, 3.63) is 6.61 Å². The van der Waals surface area contributed by atoms with Gasteiger partial charge in [-0.05, 0) is 6.42 Å². The number of hydrogen-bond donors (Lipinski definition) is 0. The number of epoxide rings is 1. The fourth-order valence-electron chi connectivity index (χ4n) is 0.585. The van der Waals surface area contributed by atoms with Crippen LogP contribution in [0.15, 0.2) is 0 Å². The SMILES string of the molecule is CCCC(=O)OC[C@H]1[CH+]O1. The van der Waals surface area contributed by atoms with E-state index in [-0.39, 0.29) is 12.1 Å². The average Bonchev–Trinajstić information content (AvgIpc) is 2.67. The van der Waals surface area contributed by atoms with Crippen LogP contribution in [0, 0.1) is 6.61 Å². The van der Waals surface area contributed by atoms with Gasteiger partial charge in [0, 0.05) is 6.42 Å². The molecule has 1 aliphatic rings. The van der Waals surface area contributed by atoms with Gasteiger partial charge in [0.2, 0.25) is 0 Å². The summed E-state index contributed by atoms with van der Waals surface area (Å²) in [5.74, 6) is -0.133. The maximum atomic E-state index is 10.7. The van der Waals surface area contributed by atoms with Crippen molar-refractivity contribution in [1.82, 2.24) is 0 Å². The Morgan fingerprint density at radius 3 is 3.00 bits per heavy atom. The van der Waals surface area contributed by atoms with E-state index in [2.05, 4.69) is 0 Å². The van der Waals surface area contributed by atoms with Crippen LogP contribution >= 0.6 is 0 Å². The van der Waals surface area contributed by atoms with Crippen LogP contribution in [0.1, 0.15) is 19.8 Å². The molecule has 1 rings (SSSR count). The molecule has 0 unspecified atom stereocenters. The first-order valence-corrected chi connectivity index (χ1v) is 3.47. The molecule has 0 N–H and O–H groups in total. The molecule has 0 radical (unpaired) electrons. The molecule has 1 aliphatic heterocycles. The lowest BCUT2D eigenvalue weighted by Crippen LogP contribution is -2.08. The second-order valence-electron chi connectivity index (χ2n) is 2.24. The molecule has 0 spiro atoms. The van der Waals surface area contributed by atoms with E-state index < -0.39 is 0 Å². The van der Waals surface area contributed by atoms with Gasteiger partial charge in [-0.15, -0.1) is 4.74 Å². The summed E-state index contributed by atoms with van der Waals surface area (Å²) in [7, 11) is 0. The Bertz CT molecular complexity index is 118. The summed E-state index contributed by atoms with van der Waals surface area (Å²) < 4.78 is 9.55. The molecule has 0 aliphatic carbocycles. The summed E-state index contributed by atoms with van der Waals surface area (Å²) in [6.07, 6.45) is 1.42. The van der Waals surface area contributed by atoms with Crippen LogP contribution in [-0.4, -0.2) is 18.7 Å². The highest BCUT2D eigenvalue weighted by Gasteiger charge is 2.40. The lowest BCUT2D eigenvalue weighted by Gasteiger charge is -1.96. The predicted molar refractivity (Wildman–Crippen MR) is 35.0 cm³/mol. The van der Waals surface area contributed by atoms with Crippen molar-refractivity contribution in [2.45, 2.75) is 25.9 Å². The minimum Gasteiger partial charge on any atom is -0.458 e. The van der Waals surface area contributed by atoms with Gasteiger partial charge in [-0.25, -0.2) is 0 Å². The summed E-state index contributed by atoms with van der Waals surface area (Å²) in [6, 6.07) is 0. The molecular weight excluding hydrogens is 132 g/mol. The molecule has 0 aromatic rings. The lowest BCUT2D eigenvalue weighted by atomic mass is 10.3. The summed E-state index contributed by atoms with van der Waals surface area (Å²) in [6.45, 7) is 3.99. The Morgan fingerprint density at radius 2 is 2.50 bits per heavy atom. The first-order valence-electron chi connectivity index (χ1n) is 3.47.